The molecule has 2 heterocycles. The van der Waals surface area contributed by atoms with Gasteiger partial charge < -0.3 is 20.0 Å². The van der Waals surface area contributed by atoms with Crippen LogP contribution in [-0.4, -0.2) is 99.9 Å². The average Bonchev–Trinajstić information content (AvgIpc) is 2.95. The van der Waals surface area contributed by atoms with Crippen LogP contribution >= 0.6 is 0 Å². The summed E-state index contributed by atoms with van der Waals surface area (Å²) in [6.45, 7) is 3.88. The predicted molar refractivity (Wildman–Crippen MR) is 95.5 cm³/mol. The van der Waals surface area contributed by atoms with Gasteiger partial charge in [0, 0.05) is 51.5 Å². The third-order valence-corrected chi connectivity index (χ3v) is 6.28. The van der Waals surface area contributed by atoms with Gasteiger partial charge in [-0.05, 0) is 20.5 Å². The number of carbonyl (C=O) groups excluding carboxylic acids is 1. The Labute approximate surface area is 150 Å². The fourth-order valence-corrected chi connectivity index (χ4v) is 4.78. The largest absolute Gasteiger partial charge is 0.371 e. The van der Waals surface area contributed by atoms with Crippen LogP contribution in [0.15, 0.2) is 11.8 Å². The topological polar surface area (TPSA) is 96.8 Å². The number of rotatable bonds is 6. The highest BCUT2D eigenvalue weighted by molar-refractivity contribution is 7.91. The Hall–Kier alpha value is -1.63. The summed E-state index contributed by atoms with van der Waals surface area (Å²) in [5, 5.41) is 12.6. The van der Waals surface area contributed by atoms with E-state index in [1.54, 1.807) is 11.1 Å². The lowest BCUT2D eigenvalue weighted by molar-refractivity contribution is -0.127. The molecule has 1 N–H and O–H groups in total. The monoisotopic (exact) mass is 369 g/mol. The molecule has 2 aliphatic rings. The van der Waals surface area contributed by atoms with Gasteiger partial charge in [-0.15, -0.1) is 0 Å². The first-order valence-electron chi connectivity index (χ1n) is 8.55. The first-order chi connectivity index (χ1) is 11.8. The molecule has 2 saturated heterocycles. The van der Waals surface area contributed by atoms with E-state index in [2.05, 4.69) is 5.32 Å². The zero-order valence-corrected chi connectivity index (χ0v) is 15.8. The summed E-state index contributed by atoms with van der Waals surface area (Å²) >= 11 is 0. The Kier molecular flexibility index (Phi) is 6.81. The smallest absolute Gasteiger partial charge is 0.266 e. The summed E-state index contributed by atoms with van der Waals surface area (Å²) in [4.78, 5) is 18.1. The third-order valence-electron chi connectivity index (χ3n) is 4.53. The van der Waals surface area contributed by atoms with Crippen molar-refractivity contribution in [3.05, 3.63) is 11.8 Å². The highest BCUT2D eigenvalue weighted by Gasteiger charge is 2.32. The van der Waals surface area contributed by atoms with Gasteiger partial charge in [-0.3, -0.25) is 4.79 Å². The SMILES string of the molecule is CN(C)CCN(/C=C(/C#N)C(=O)N1CCNCC1)C1CCS(=O)(=O)C1. The molecular formula is C16H27N5O3S. The van der Waals surface area contributed by atoms with E-state index in [9.17, 15) is 18.5 Å². The number of amides is 1. The summed E-state index contributed by atoms with van der Waals surface area (Å²) in [6.07, 6.45) is 2.10. The molecule has 25 heavy (non-hydrogen) atoms. The van der Waals surface area contributed by atoms with Gasteiger partial charge in [0.2, 0.25) is 0 Å². The molecule has 0 radical (unpaired) electrons. The van der Waals surface area contributed by atoms with Crippen molar-refractivity contribution in [1.29, 1.82) is 5.26 Å². The van der Waals surface area contributed by atoms with Gasteiger partial charge in [0.15, 0.2) is 9.84 Å². The van der Waals surface area contributed by atoms with Crippen molar-refractivity contribution < 1.29 is 13.2 Å². The maximum absolute atomic E-state index is 12.6. The Morgan fingerprint density at radius 3 is 2.52 bits per heavy atom. The molecule has 0 aliphatic carbocycles. The molecule has 0 spiro atoms. The van der Waals surface area contributed by atoms with E-state index in [0.29, 0.717) is 32.6 Å². The molecule has 0 aromatic rings. The predicted octanol–water partition coefficient (Wildman–Crippen LogP) is -1.12. The number of hydrogen-bond acceptors (Lipinski definition) is 7. The lowest BCUT2D eigenvalue weighted by Crippen LogP contribution is -2.47. The van der Waals surface area contributed by atoms with Gasteiger partial charge >= 0.3 is 0 Å². The van der Waals surface area contributed by atoms with Crippen molar-refractivity contribution in [2.24, 2.45) is 0 Å². The van der Waals surface area contributed by atoms with Crippen LogP contribution < -0.4 is 5.32 Å². The number of carbonyl (C=O) groups is 1. The van der Waals surface area contributed by atoms with Crippen molar-refractivity contribution in [3.8, 4) is 6.07 Å². The van der Waals surface area contributed by atoms with Crippen LogP contribution in [0.1, 0.15) is 6.42 Å². The zero-order chi connectivity index (χ0) is 18.4. The van der Waals surface area contributed by atoms with Crippen molar-refractivity contribution in [1.82, 2.24) is 20.0 Å². The van der Waals surface area contributed by atoms with Gasteiger partial charge in [-0.25, -0.2) is 8.42 Å². The van der Waals surface area contributed by atoms with Gasteiger partial charge in [0.1, 0.15) is 11.6 Å². The number of nitrogens with one attached hydrogen (secondary N) is 1. The Balaban J connectivity index is 2.17. The van der Waals surface area contributed by atoms with Crippen molar-refractivity contribution >= 4 is 15.7 Å². The first-order valence-corrected chi connectivity index (χ1v) is 10.4. The maximum Gasteiger partial charge on any atom is 0.266 e. The Bertz CT molecular complexity index is 647. The molecule has 2 rings (SSSR count). The molecule has 0 aromatic heterocycles. The van der Waals surface area contributed by atoms with E-state index in [1.807, 2.05) is 30.0 Å². The first kappa shape index (κ1) is 19.7. The molecule has 8 nitrogen and oxygen atoms in total. The van der Waals surface area contributed by atoms with Gasteiger partial charge in [-0.1, -0.05) is 0 Å². The van der Waals surface area contributed by atoms with Crippen LogP contribution in [0.25, 0.3) is 0 Å². The van der Waals surface area contributed by atoms with E-state index in [1.165, 1.54) is 0 Å². The lowest BCUT2D eigenvalue weighted by Gasteiger charge is -2.30. The third kappa shape index (κ3) is 5.70. The number of piperazine rings is 1. The Morgan fingerprint density at radius 2 is 2.00 bits per heavy atom. The summed E-state index contributed by atoms with van der Waals surface area (Å²) in [7, 11) is 0.836. The number of nitrogens with zero attached hydrogens (tertiary/aromatic N) is 4. The summed E-state index contributed by atoms with van der Waals surface area (Å²) in [5.41, 5.74) is 0.0740. The van der Waals surface area contributed by atoms with E-state index in [4.69, 9.17) is 0 Å². The fraction of sp³-hybridized carbons (Fsp3) is 0.750. The highest BCUT2D eigenvalue weighted by atomic mass is 32.2. The molecule has 1 unspecified atom stereocenters. The molecule has 0 aromatic carbocycles. The average molecular weight is 369 g/mol. The minimum atomic E-state index is -3.03. The standard InChI is InChI=1S/C16H27N5O3S/c1-19(2)8-9-21(15-3-10-25(23,24)13-15)12-14(11-17)16(22)20-6-4-18-5-7-20/h12,15,18H,3-10,13H2,1-2H3/b14-12-. The van der Waals surface area contributed by atoms with E-state index in [-0.39, 0.29) is 29.0 Å². The summed E-state index contributed by atoms with van der Waals surface area (Å²) in [5.74, 6) is -0.0329. The van der Waals surface area contributed by atoms with Gasteiger partial charge in [0.25, 0.3) is 5.91 Å². The van der Waals surface area contributed by atoms with Crippen LogP contribution in [-0.2, 0) is 14.6 Å². The number of hydrogen-bond donors (Lipinski definition) is 1. The van der Waals surface area contributed by atoms with E-state index >= 15 is 0 Å². The lowest BCUT2D eigenvalue weighted by atomic mass is 10.2. The molecule has 9 heteroatoms. The highest BCUT2D eigenvalue weighted by Crippen LogP contribution is 2.19. The molecule has 140 valence electrons. The van der Waals surface area contributed by atoms with Crippen LogP contribution in [0.2, 0.25) is 0 Å². The normalized spacial score (nSPS) is 23.5. The summed E-state index contributed by atoms with van der Waals surface area (Å²) < 4.78 is 23.6. The van der Waals surface area contributed by atoms with Crippen LogP contribution in [0.4, 0.5) is 0 Å². The second-order valence-electron chi connectivity index (χ2n) is 6.79. The minimum Gasteiger partial charge on any atom is -0.371 e. The quantitative estimate of drug-likeness (QED) is 0.468. The van der Waals surface area contributed by atoms with E-state index < -0.39 is 9.84 Å². The number of nitriles is 1. The van der Waals surface area contributed by atoms with Crippen LogP contribution in [0.5, 0.6) is 0 Å². The van der Waals surface area contributed by atoms with Gasteiger partial charge in [-0.2, -0.15) is 5.26 Å². The molecule has 1 atom stereocenters. The maximum atomic E-state index is 12.6. The van der Waals surface area contributed by atoms with Crippen molar-refractivity contribution in [2.45, 2.75) is 12.5 Å². The molecular weight excluding hydrogens is 342 g/mol. The number of likely N-dealkylation sites (N-methyl/N-ethyl adjacent to an activating group) is 1. The van der Waals surface area contributed by atoms with Crippen LogP contribution in [0.3, 0.4) is 0 Å². The molecule has 2 fully saturated rings. The second-order valence-corrected chi connectivity index (χ2v) is 9.02. The van der Waals surface area contributed by atoms with Gasteiger partial charge in [0.05, 0.1) is 11.5 Å². The molecule has 2 aliphatic heterocycles. The zero-order valence-electron chi connectivity index (χ0n) is 14.9. The summed E-state index contributed by atoms with van der Waals surface area (Å²) in [6, 6.07) is 1.83. The molecule has 1 amide bonds. The van der Waals surface area contributed by atoms with Crippen LogP contribution in [0, 0.1) is 11.3 Å². The number of sulfone groups is 1. The Morgan fingerprint density at radius 1 is 1.32 bits per heavy atom. The fourth-order valence-electron chi connectivity index (χ4n) is 3.04. The second kappa shape index (κ2) is 8.65. The van der Waals surface area contributed by atoms with E-state index in [0.717, 1.165) is 13.1 Å². The van der Waals surface area contributed by atoms with Crippen molar-refractivity contribution in [3.63, 3.8) is 0 Å². The molecule has 0 saturated carbocycles. The van der Waals surface area contributed by atoms with Crippen molar-refractivity contribution in [2.75, 3.05) is 64.9 Å². The minimum absolute atomic E-state index is 0.0740. The molecule has 0 bridgehead atoms.